The topological polar surface area (TPSA) is 59.1 Å². The highest BCUT2D eigenvalue weighted by Crippen LogP contribution is 2.08. The third-order valence-electron chi connectivity index (χ3n) is 1.56. The number of terminal acetylenes is 1. The van der Waals surface area contributed by atoms with Crippen LogP contribution in [0.2, 0.25) is 0 Å². The number of aliphatic hydroxyl groups is 1. The first-order chi connectivity index (χ1) is 5.77. The fraction of sp³-hybridized carbons (Fsp3) is 0.222. The van der Waals surface area contributed by atoms with Crippen LogP contribution in [0.3, 0.4) is 0 Å². The summed E-state index contributed by atoms with van der Waals surface area (Å²) in [6.45, 7) is -0.0893. The minimum absolute atomic E-state index is 0.0893. The zero-order chi connectivity index (χ0) is 8.97. The van der Waals surface area contributed by atoms with Crippen LogP contribution in [0.5, 0.6) is 0 Å². The van der Waals surface area contributed by atoms with E-state index < -0.39 is 0 Å². The van der Waals surface area contributed by atoms with Gasteiger partial charge in [-0.1, -0.05) is 5.92 Å². The lowest BCUT2D eigenvalue weighted by atomic mass is 10.1. The van der Waals surface area contributed by atoms with Crippen LogP contribution < -0.4 is 5.73 Å². The molecule has 3 N–H and O–H groups in total. The van der Waals surface area contributed by atoms with Gasteiger partial charge < -0.3 is 10.8 Å². The highest BCUT2D eigenvalue weighted by Gasteiger charge is 2.03. The zero-order valence-electron chi connectivity index (χ0n) is 6.57. The normalized spacial score (nSPS) is 12.1. The summed E-state index contributed by atoms with van der Waals surface area (Å²) in [5, 5.41) is 8.75. The molecular weight excluding hydrogens is 152 g/mol. The van der Waals surface area contributed by atoms with Crippen LogP contribution in [0.4, 0.5) is 0 Å². The summed E-state index contributed by atoms with van der Waals surface area (Å²) in [5.41, 5.74) is 6.92. The van der Waals surface area contributed by atoms with E-state index in [2.05, 4.69) is 10.9 Å². The summed E-state index contributed by atoms with van der Waals surface area (Å²) >= 11 is 0. The second-order valence-electron chi connectivity index (χ2n) is 2.41. The lowest BCUT2D eigenvalue weighted by Crippen LogP contribution is -2.14. The average Bonchev–Trinajstić information content (AvgIpc) is 2.17. The summed E-state index contributed by atoms with van der Waals surface area (Å²) in [5.74, 6) is 2.40. The van der Waals surface area contributed by atoms with Crippen LogP contribution in [-0.2, 0) is 0 Å². The van der Waals surface area contributed by atoms with E-state index >= 15 is 0 Å². The Kier molecular flexibility index (Phi) is 2.81. The zero-order valence-corrected chi connectivity index (χ0v) is 6.57. The van der Waals surface area contributed by atoms with Crippen LogP contribution in [0.25, 0.3) is 0 Å². The Morgan fingerprint density at radius 2 is 2.50 bits per heavy atom. The van der Waals surface area contributed by atoms with E-state index in [9.17, 15) is 0 Å². The molecule has 1 aromatic heterocycles. The van der Waals surface area contributed by atoms with Crippen molar-refractivity contribution in [1.29, 1.82) is 0 Å². The van der Waals surface area contributed by atoms with E-state index in [4.69, 9.17) is 17.3 Å². The van der Waals surface area contributed by atoms with Gasteiger partial charge in [-0.15, -0.1) is 6.42 Å². The molecule has 0 radical (unpaired) electrons. The molecule has 0 saturated heterocycles. The summed E-state index contributed by atoms with van der Waals surface area (Å²) in [7, 11) is 0. The van der Waals surface area contributed by atoms with Crippen LogP contribution in [0.15, 0.2) is 18.3 Å². The van der Waals surface area contributed by atoms with Gasteiger partial charge in [-0.3, -0.25) is 0 Å². The maximum absolute atomic E-state index is 8.75. The van der Waals surface area contributed by atoms with Crippen LogP contribution in [0, 0.1) is 12.3 Å². The molecule has 0 saturated carbocycles. The Balaban J connectivity index is 2.95. The molecule has 0 aromatic carbocycles. The average molecular weight is 162 g/mol. The monoisotopic (exact) mass is 162 g/mol. The van der Waals surface area contributed by atoms with Gasteiger partial charge in [0.2, 0.25) is 0 Å². The van der Waals surface area contributed by atoms with Crippen molar-refractivity contribution in [2.45, 2.75) is 6.04 Å². The maximum atomic E-state index is 8.75. The first-order valence-corrected chi connectivity index (χ1v) is 3.57. The standard InChI is InChI=1S/C9H10N2O/c1-2-8-5-7(3-4-11-8)9(10)6-12/h1,3-5,9,12H,6,10H2/t9-/m1/s1. The quantitative estimate of drug-likeness (QED) is 0.604. The number of nitrogens with zero attached hydrogens (tertiary/aromatic N) is 1. The number of aromatic nitrogens is 1. The van der Waals surface area contributed by atoms with Gasteiger partial charge in [-0.05, 0) is 17.7 Å². The van der Waals surface area contributed by atoms with Crippen molar-refractivity contribution < 1.29 is 5.11 Å². The molecule has 1 atom stereocenters. The molecule has 12 heavy (non-hydrogen) atoms. The van der Waals surface area contributed by atoms with E-state index in [1.807, 2.05) is 0 Å². The number of hydrogen-bond donors (Lipinski definition) is 2. The molecule has 1 heterocycles. The third kappa shape index (κ3) is 1.82. The van der Waals surface area contributed by atoms with Gasteiger partial charge in [0.05, 0.1) is 12.6 Å². The predicted octanol–water partition coefficient (Wildman–Crippen LogP) is 0.0550. The fourth-order valence-electron chi connectivity index (χ4n) is 0.862. The molecular formula is C9H10N2O. The van der Waals surface area contributed by atoms with Gasteiger partial charge in [-0.2, -0.15) is 0 Å². The maximum Gasteiger partial charge on any atom is 0.113 e. The van der Waals surface area contributed by atoms with E-state index in [1.54, 1.807) is 18.3 Å². The van der Waals surface area contributed by atoms with Crippen LogP contribution in [0.1, 0.15) is 17.3 Å². The Hall–Kier alpha value is -1.37. The predicted molar refractivity (Wildman–Crippen MR) is 46.2 cm³/mol. The molecule has 0 amide bonds. The molecule has 1 aromatic rings. The van der Waals surface area contributed by atoms with E-state index in [1.165, 1.54) is 0 Å². The van der Waals surface area contributed by atoms with Crippen molar-refractivity contribution in [3.05, 3.63) is 29.6 Å². The minimum Gasteiger partial charge on any atom is -0.394 e. The Bertz CT molecular complexity index is 304. The molecule has 0 spiro atoms. The van der Waals surface area contributed by atoms with E-state index in [-0.39, 0.29) is 12.6 Å². The van der Waals surface area contributed by atoms with Crippen molar-refractivity contribution in [1.82, 2.24) is 4.98 Å². The lowest BCUT2D eigenvalue weighted by molar-refractivity contribution is 0.268. The second kappa shape index (κ2) is 3.86. The molecule has 3 nitrogen and oxygen atoms in total. The highest BCUT2D eigenvalue weighted by molar-refractivity contribution is 5.29. The van der Waals surface area contributed by atoms with Crippen LogP contribution in [-0.4, -0.2) is 16.7 Å². The molecule has 3 heteroatoms. The van der Waals surface area contributed by atoms with Crippen molar-refractivity contribution in [3.8, 4) is 12.3 Å². The number of pyridine rings is 1. The molecule has 0 unspecified atom stereocenters. The number of nitrogens with two attached hydrogens (primary N) is 1. The first-order valence-electron chi connectivity index (χ1n) is 3.57. The summed E-state index contributed by atoms with van der Waals surface area (Å²) in [4.78, 5) is 3.90. The molecule has 62 valence electrons. The second-order valence-corrected chi connectivity index (χ2v) is 2.41. The van der Waals surface area contributed by atoms with Gasteiger partial charge >= 0.3 is 0 Å². The van der Waals surface area contributed by atoms with Gasteiger partial charge in [0.25, 0.3) is 0 Å². The largest absolute Gasteiger partial charge is 0.394 e. The first kappa shape index (κ1) is 8.72. The smallest absolute Gasteiger partial charge is 0.113 e. The summed E-state index contributed by atoms with van der Waals surface area (Å²) < 4.78 is 0. The molecule has 0 aliphatic rings. The fourth-order valence-corrected chi connectivity index (χ4v) is 0.862. The number of aliphatic hydroxyl groups excluding tert-OH is 1. The van der Waals surface area contributed by atoms with Crippen molar-refractivity contribution in [2.75, 3.05) is 6.61 Å². The van der Waals surface area contributed by atoms with Gasteiger partial charge in [-0.25, -0.2) is 4.98 Å². The Morgan fingerprint density at radius 3 is 3.08 bits per heavy atom. The number of rotatable bonds is 2. The molecule has 0 aliphatic carbocycles. The van der Waals surface area contributed by atoms with Crippen molar-refractivity contribution in [3.63, 3.8) is 0 Å². The lowest BCUT2D eigenvalue weighted by Gasteiger charge is -2.07. The number of hydrogen-bond acceptors (Lipinski definition) is 3. The SMILES string of the molecule is C#Cc1cc([C@H](N)CO)ccn1. The molecule has 0 fully saturated rings. The van der Waals surface area contributed by atoms with Crippen molar-refractivity contribution >= 4 is 0 Å². The van der Waals surface area contributed by atoms with E-state index in [0.29, 0.717) is 5.69 Å². The van der Waals surface area contributed by atoms with Gasteiger partial charge in [0.1, 0.15) is 5.69 Å². The Labute approximate surface area is 71.2 Å². The van der Waals surface area contributed by atoms with Gasteiger partial charge in [0, 0.05) is 6.20 Å². The third-order valence-corrected chi connectivity index (χ3v) is 1.56. The summed E-state index contributed by atoms with van der Waals surface area (Å²) in [6, 6.07) is 3.06. The van der Waals surface area contributed by atoms with Crippen molar-refractivity contribution in [2.24, 2.45) is 5.73 Å². The Morgan fingerprint density at radius 1 is 1.75 bits per heavy atom. The van der Waals surface area contributed by atoms with Crippen LogP contribution >= 0.6 is 0 Å². The molecule has 0 bridgehead atoms. The molecule has 0 aliphatic heterocycles. The molecule has 1 rings (SSSR count). The minimum atomic E-state index is -0.375. The van der Waals surface area contributed by atoms with Gasteiger partial charge in [0.15, 0.2) is 0 Å². The highest BCUT2D eigenvalue weighted by atomic mass is 16.3. The summed E-state index contributed by atoms with van der Waals surface area (Å²) in [6.07, 6.45) is 6.73. The van der Waals surface area contributed by atoms with E-state index in [0.717, 1.165) is 5.56 Å².